The normalized spacial score (nSPS) is 27.3. The van der Waals surface area contributed by atoms with Gasteiger partial charge < -0.3 is 5.32 Å². The minimum atomic E-state index is 0.276. The molecule has 0 unspecified atom stereocenters. The number of carbonyl (C=O) groups excluding carboxylic acids is 1. The summed E-state index contributed by atoms with van der Waals surface area (Å²) in [6, 6.07) is 0. The van der Waals surface area contributed by atoms with Crippen molar-refractivity contribution in [3.63, 3.8) is 0 Å². The maximum Gasteiger partial charge on any atom is 0.223 e. The first-order valence-corrected chi connectivity index (χ1v) is 6.70. The summed E-state index contributed by atoms with van der Waals surface area (Å²) >= 11 is 3.35. The second-order valence-corrected chi connectivity index (χ2v) is 5.08. The maximum atomic E-state index is 11.7. The van der Waals surface area contributed by atoms with Gasteiger partial charge in [0.2, 0.25) is 5.91 Å². The lowest BCUT2D eigenvalue weighted by atomic mass is 9.82. The molecule has 0 heterocycles. The van der Waals surface area contributed by atoms with E-state index in [2.05, 4.69) is 28.2 Å². The Labute approximate surface area is 95.0 Å². The first kappa shape index (κ1) is 12.0. The molecule has 1 fully saturated rings. The lowest BCUT2D eigenvalue weighted by Gasteiger charge is -2.25. The molecule has 14 heavy (non-hydrogen) atoms. The molecule has 0 bridgehead atoms. The summed E-state index contributed by atoms with van der Waals surface area (Å²) in [5.74, 6) is 1.39. The molecule has 0 aromatic carbocycles. The van der Waals surface area contributed by atoms with Crippen molar-refractivity contribution in [2.75, 3.05) is 11.9 Å². The van der Waals surface area contributed by atoms with Gasteiger partial charge in [-0.3, -0.25) is 4.79 Å². The third kappa shape index (κ3) is 3.99. The summed E-state index contributed by atoms with van der Waals surface area (Å²) in [5, 5.41) is 3.97. The summed E-state index contributed by atoms with van der Waals surface area (Å²) in [7, 11) is 0. The minimum absolute atomic E-state index is 0.276. The standard InChI is InChI=1S/C11H20BrNO/c1-9-3-5-10(6-4-9)11(14)13-8-2-7-12/h9-10H,2-8H2,1H3,(H,13,14). The number of halogens is 1. The Morgan fingerprint density at radius 3 is 2.57 bits per heavy atom. The van der Waals surface area contributed by atoms with Crippen LogP contribution in [0.2, 0.25) is 0 Å². The molecule has 0 spiro atoms. The molecule has 2 nitrogen and oxygen atoms in total. The molecule has 82 valence electrons. The van der Waals surface area contributed by atoms with E-state index in [9.17, 15) is 4.79 Å². The van der Waals surface area contributed by atoms with Crippen molar-refractivity contribution in [1.29, 1.82) is 0 Å². The van der Waals surface area contributed by atoms with Crippen molar-refractivity contribution >= 4 is 21.8 Å². The highest BCUT2D eigenvalue weighted by Gasteiger charge is 2.23. The number of carbonyl (C=O) groups is 1. The highest BCUT2D eigenvalue weighted by atomic mass is 79.9. The third-order valence-corrected chi connectivity index (χ3v) is 3.56. The molecule has 0 aromatic heterocycles. The van der Waals surface area contributed by atoms with Gasteiger partial charge in [-0.2, -0.15) is 0 Å². The molecule has 0 saturated heterocycles. The molecular formula is C11H20BrNO. The molecule has 1 rings (SSSR count). The van der Waals surface area contributed by atoms with Gasteiger partial charge in [0.1, 0.15) is 0 Å². The average molecular weight is 262 g/mol. The summed E-state index contributed by atoms with van der Waals surface area (Å²) in [4.78, 5) is 11.7. The Morgan fingerprint density at radius 2 is 2.00 bits per heavy atom. The number of amides is 1. The summed E-state index contributed by atoms with van der Waals surface area (Å²) in [6.45, 7) is 3.09. The van der Waals surface area contributed by atoms with Crippen LogP contribution in [-0.2, 0) is 4.79 Å². The number of hydrogen-bond acceptors (Lipinski definition) is 1. The van der Waals surface area contributed by atoms with E-state index in [4.69, 9.17) is 0 Å². The Hall–Kier alpha value is -0.0500. The molecule has 0 aliphatic heterocycles. The third-order valence-electron chi connectivity index (χ3n) is 3.00. The van der Waals surface area contributed by atoms with Crippen LogP contribution in [0.3, 0.4) is 0 Å². The predicted molar refractivity (Wildman–Crippen MR) is 62.5 cm³/mol. The van der Waals surface area contributed by atoms with Gasteiger partial charge in [0.15, 0.2) is 0 Å². The number of alkyl halides is 1. The van der Waals surface area contributed by atoms with Gasteiger partial charge in [-0.25, -0.2) is 0 Å². The molecule has 0 radical (unpaired) electrons. The summed E-state index contributed by atoms with van der Waals surface area (Å²) in [5.41, 5.74) is 0. The van der Waals surface area contributed by atoms with Crippen molar-refractivity contribution in [3.05, 3.63) is 0 Å². The molecule has 1 saturated carbocycles. The largest absolute Gasteiger partial charge is 0.356 e. The van der Waals surface area contributed by atoms with Crippen molar-refractivity contribution in [2.45, 2.75) is 39.0 Å². The van der Waals surface area contributed by atoms with Gasteiger partial charge in [0.05, 0.1) is 0 Å². The smallest absolute Gasteiger partial charge is 0.223 e. The van der Waals surface area contributed by atoms with Crippen LogP contribution in [0.25, 0.3) is 0 Å². The minimum Gasteiger partial charge on any atom is -0.356 e. The highest BCUT2D eigenvalue weighted by molar-refractivity contribution is 9.09. The molecule has 3 heteroatoms. The second kappa shape index (κ2) is 6.44. The lowest BCUT2D eigenvalue weighted by Crippen LogP contribution is -2.33. The molecule has 0 atom stereocenters. The first-order valence-electron chi connectivity index (χ1n) is 5.57. The fourth-order valence-electron chi connectivity index (χ4n) is 1.95. The zero-order valence-corrected chi connectivity index (χ0v) is 10.5. The maximum absolute atomic E-state index is 11.7. The van der Waals surface area contributed by atoms with E-state index < -0.39 is 0 Å². The molecule has 1 aliphatic carbocycles. The molecule has 1 N–H and O–H groups in total. The van der Waals surface area contributed by atoms with E-state index in [1.54, 1.807) is 0 Å². The quantitative estimate of drug-likeness (QED) is 0.612. The van der Waals surface area contributed by atoms with Crippen LogP contribution in [0.15, 0.2) is 0 Å². The lowest BCUT2D eigenvalue weighted by molar-refractivity contribution is -0.126. The van der Waals surface area contributed by atoms with Crippen LogP contribution in [-0.4, -0.2) is 17.8 Å². The molecular weight excluding hydrogens is 242 g/mol. The van der Waals surface area contributed by atoms with Crippen LogP contribution in [0, 0.1) is 11.8 Å². The van der Waals surface area contributed by atoms with Gasteiger partial charge >= 0.3 is 0 Å². The van der Waals surface area contributed by atoms with Crippen molar-refractivity contribution < 1.29 is 4.79 Å². The van der Waals surface area contributed by atoms with Crippen LogP contribution >= 0.6 is 15.9 Å². The van der Waals surface area contributed by atoms with Gasteiger partial charge in [0.25, 0.3) is 0 Å². The molecule has 0 aromatic rings. The highest BCUT2D eigenvalue weighted by Crippen LogP contribution is 2.28. The van der Waals surface area contributed by atoms with Crippen molar-refractivity contribution in [2.24, 2.45) is 11.8 Å². The van der Waals surface area contributed by atoms with E-state index in [1.807, 2.05) is 0 Å². The number of hydrogen-bond donors (Lipinski definition) is 1. The Morgan fingerprint density at radius 1 is 1.36 bits per heavy atom. The monoisotopic (exact) mass is 261 g/mol. The van der Waals surface area contributed by atoms with Crippen molar-refractivity contribution in [3.8, 4) is 0 Å². The number of rotatable bonds is 4. The molecule has 1 amide bonds. The van der Waals surface area contributed by atoms with Crippen LogP contribution < -0.4 is 5.32 Å². The zero-order valence-electron chi connectivity index (χ0n) is 8.89. The van der Waals surface area contributed by atoms with Crippen LogP contribution in [0.1, 0.15) is 39.0 Å². The van der Waals surface area contributed by atoms with Gasteiger partial charge in [-0.05, 0) is 38.0 Å². The summed E-state index contributed by atoms with van der Waals surface area (Å²) < 4.78 is 0. The zero-order chi connectivity index (χ0) is 10.4. The van der Waals surface area contributed by atoms with E-state index in [-0.39, 0.29) is 5.91 Å². The Kier molecular flexibility index (Phi) is 5.53. The van der Waals surface area contributed by atoms with Crippen LogP contribution in [0.4, 0.5) is 0 Å². The van der Waals surface area contributed by atoms with Gasteiger partial charge in [-0.15, -0.1) is 0 Å². The van der Waals surface area contributed by atoms with E-state index in [1.165, 1.54) is 12.8 Å². The summed E-state index contributed by atoms with van der Waals surface area (Å²) in [6.07, 6.45) is 5.63. The molecule has 1 aliphatic rings. The number of nitrogens with one attached hydrogen (secondary N) is 1. The van der Waals surface area contributed by atoms with Crippen LogP contribution in [0.5, 0.6) is 0 Å². The first-order chi connectivity index (χ1) is 6.74. The second-order valence-electron chi connectivity index (χ2n) is 4.29. The van der Waals surface area contributed by atoms with E-state index >= 15 is 0 Å². The Bertz CT molecular complexity index is 176. The van der Waals surface area contributed by atoms with Gasteiger partial charge in [0, 0.05) is 17.8 Å². The topological polar surface area (TPSA) is 29.1 Å². The SMILES string of the molecule is CC1CCC(C(=O)NCCCBr)CC1. The van der Waals surface area contributed by atoms with E-state index in [0.29, 0.717) is 5.92 Å². The van der Waals surface area contributed by atoms with Gasteiger partial charge in [-0.1, -0.05) is 22.9 Å². The van der Waals surface area contributed by atoms with Crippen molar-refractivity contribution in [1.82, 2.24) is 5.32 Å². The fourth-order valence-corrected chi connectivity index (χ4v) is 2.23. The Balaban J connectivity index is 2.17. The fraction of sp³-hybridized carbons (Fsp3) is 0.909. The van der Waals surface area contributed by atoms with E-state index in [0.717, 1.165) is 37.1 Å². The average Bonchev–Trinajstić information content (AvgIpc) is 2.19. The predicted octanol–water partition coefficient (Wildman–Crippen LogP) is 2.71.